The lowest BCUT2D eigenvalue weighted by atomic mass is 10.2. The average molecular weight is 329 g/mol. The van der Waals surface area contributed by atoms with Crippen LogP contribution in [0.15, 0.2) is 35.9 Å². The first-order valence-corrected chi connectivity index (χ1v) is 7.81. The third kappa shape index (κ3) is 2.81. The molecule has 25 heavy (non-hydrogen) atoms. The van der Waals surface area contributed by atoms with Gasteiger partial charge in [-0.3, -0.25) is 5.41 Å². The number of aromatic amines is 2. The summed E-state index contributed by atoms with van der Waals surface area (Å²) in [5.41, 5.74) is 10.4. The number of H-pyrrole nitrogens is 2. The number of nitrogen functional groups attached to an aromatic ring is 1. The van der Waals surface area contributed by atoms with Crippen molar-refractivity contribution in [3.8, 4) is 6.07 Å². The van der Waals surface area contributed by atoms with E-state index in [1.165, 1.54) is 0 Å². The molecular formula is C18H15N7. The molecule has 0 spiro atoms. The lowest BCUT2D eigenvalue weighted by Crippen LogP contribution is -2.10. The highest BCUT2D eigenvalue weighted by Gasteiger charge is 2.12. The van der Waals surface area contributed by atoms with Gasteiger partial charge in [-0.1, -0.05) is 6.08 Å². The Morgan fingerprint density at radius 3 is 2.88 bits per heavy atom. The minimum atomic E-state index is 0.0319. The molecule has 0 bridgehead atoms. The molecule has 2 aromatic heterocycles. The van der Waals surface area contributed by atoms with Crippen LogP contribution in [-0.4, -0.2) is 25.8 Å². The number of benzene rings is 1. The van der Waals surface area contributed by atoms with Crippen molar-refractivity contribution in [3.05, 3.63) is 64.5 Å². The summed E-state index contributed by atoms with van der Waals surface area (Å²) >= 11 is 0. The number of hydrogen-bond acceptors (Lipinski definition) is 4. The quantitative estimate of drug-likeness (QED) is 0.433. The van der Waals surface area contributed by atoms with E-state index in [-0.39, 0.29) is 5.84 Å². The van der Waals surface area contributed by atoms with Gasteiger partial charge in [0, 0.05) is 23.3 Å². The maximum atomic E-state index is 8.97. The number of nitrogens with one attached hydrogen (secondary N) is 3. The molecule has 0 aliphatic heterocycles. The summed E-state index contributed by atoms with van der Waals surface area (Å²) in [6, 6.07) is 7.60. The van der Waals surface area contributed by atoms with Gasteiger partial charge in [-0.15, -0.1) is 0 Å². The Hall–Kier alpha value is -3.66. The Kier molecular flexibility index (Phi) is 3.43. The van der Waals surface area contributed by atoms with Crippen molar-refractivity contribution < 1.29 is 0 Å². The SMILES string of the molecule is N#CC1=CCc2[nH]c(Cc3nc4ccc(C(=N)N)cc4[nH]3)nc2C=C1. The number of fused-ring (bicyclic) bond motifs is 2. The molecular weight excluding hydrogens is 314 g/mol. The van der Waals surface area contributed by atoms with Gasteiger partial charge in [0.1, 0.15) is 17.5 Å². The second kappa shape index (κ2) is 5.76. The minimum absolute atomic E-state index is 0.0319. The lowest BCUT2D eigenvalue weighted by molar-refractivity contribution is 0.943. The highest BCUT2D eigenvalue weighted by Crippen LogP contribution is 2.19. The van der Waals surface area contributed by atoms with Gasteiger partial charge in [0.2, 0.25) is 0 Å². The van der Waals surface area contributed by atoms with Gasteiger partial charge in [-0.05, 0) is 30.4 Å². The van der Waals surface area contributed by atoms with Gasteiger partial charge in [0.05, 0.1) is 29.2 Å². The van der Waals surface area contributed by atoms with Crippen LogP contribution in [0.2, 0.25) is 0 Å². The first kappa shape index (κ1) is 14.9. The first-order chi connectivity index (χ1) is 12.1. The standard InChI is InChI=1S/C18H15N7/c19-9-10-1-4-12-13(5-2-10)23-16(22-12)8-17-24-14-6-3-11(18(20)21)7-15(14)25-17/h1-4,6-7H,5,8H2,(H3,20,21)(H,22,23)(H,24,25). The number of nitrogens with zero attached hydrogens (tertiary/aromatic N) is 3. The van der Waals surface area contributed by atoms with E-state index in [0.717, 1.165) is 34.1 Å². The summed E-state index contributed by atoms with van der Waals surface area (Å²) in [5, 5.41) is 16.5. The molecule has 0 atom stereocenters. The lowest BCUT2D eigenvalue weighted by Gasteiger charge is -1.96. The van der Waals surface area contributed by atoms with Crippen LogP contribution in [0.4, 0.5) is 0 Å². The largest absolute Gasteiger partial charge is 0.384 e. The molecule has 0 saturated carbocycles. The molecule has 7 nitrogen and oxygen atoms in total. The Bertz CT molecular complexity index is 1090. The minimum Gasteiger partial charge on any atom is -0.384 e. The summed E-state index contributed by atoms with van der Waals surface area (Å²) in [5.74, 6) is 1.63. The smallest absolute Gasteiger partial charge is 0.122 e. The van der Waals surface area contributed by atoms with Crippen molar-refractivity contribution in [2.24, 2.45) is 5.73 Å². The third-order valence-corrected chi connectivity index (χ3v) is 4.11. The monoisotopic (exact) mass is 329 g/mol. The molecule has 0 fully saturated rings. The number of aromatic nitrogens is 4. The van der Waals surface area contributed by atoms with E-state index in [2.05, 4.69) is 26.0 Å². The molecule has 0 saturated heterocycles. The van der Waals surface area contributed by atoms with E-state index in [9.17, 15) is 0 Å². The van der Waals surface area contributed by atoms with Gasteiger partial charge in [-0.2, -0.15) is 5.26 Å². The number of hydrogen-bond donors (Lipinski definition) is 4. The number of rotatable bonds is 3. The van der Waals surface area contributed by atoms with E-state index < -0.39 is 0 Å². The van der Waals surface area contributed by atoms with Crippen LogP contribution in [0.1, 0.15) is 28.6 Å². The first-order valence-electron chi connectivity index (χ1n) is 7.81. The van der Waals surface area contributed by atoms with Crippen LogP contribution in [0.5, 0.6) is 0 Å². The number of amidine groups is 1. The summed E-state index contributed by atoms with van der Waals surface area (Å²) in [6.07, 6.45) is 6.71. The van der Waals surface area contributed by atoms with Gasteiger partial charge in [0.25, 0.3) is 0 Å². The number of nitrogens with two attached hydrogens (primary N) is 1. The summed E-state index contributed by atoms with van der Waals surface area (Å²) < 4.78 is 0. The van der Waals surface area contributed by atoms with Gasteiger partial charge >= 0.3 is 0 Å². The van der Waals surface area contributed by atoms with E-state index in [1.807, 2.05) is 24.3 Å². The highest BCUT2D eigenvalue weighted by molar-refractivity contribution is 5.97. The fraction of sp³-hybridized carbons (Fsp3) is 0.111. The third-order valence-electron chi connectivity index (χ3n) is 4.11. The van der Waals surface area contributed by atoms with E-state index in [1.54, 1.807) is 12.1 Å². The van der Waals surface area contributed by atoms with E-state index >= 15 is 0 Å². The summed E-state index contributed by atoms with van der Waals surface area (Å²) in [4.78, 5) is 15.7. The Balaban J connectivity index is 1.61. The second-order valence-electron chi connectivity index (χ2n) is 5.86. The van der Waals surface area contributed by atoms with Crippen molar-refractivity contribution in [1.29, 1.82) is 10.7 Å². The van der Waals surface area contributed by atoms with Gasteiger partial charge in [0.15, 0.2) is 0 Å². The predicted octanol–water partition coefficient (Wildman–Crippen LogP) is 2.18. The normalized spacial score (nSPS) is 13.2. The Morgan fingerprint density at radius 2 is 2.08 bits per heavy atom. The fourth-order valence-corrected chi connectivity index (χ4v) is 2.86. The zero-order valence-corrected chi connectivity index (χ0v) is 13.3. The molecule has 0 unspecified atom stereocenters. The molecule has 2 heterocycles. The molecule has 4 rings (SSSR count). The molecule has 0 amide bonds. The Labute approximate surface area is 143 Å². The van der Waals surface area contributed by atoms with Gasteiger partial charge < -0.3 is 15.7 Å². The van der Waals surface area contributed by atoms with Crippen LogP contribution >= 0.6 is 0 Å². The fourth-order valence-electron chi connectivity index (χ4n) is 2.86. The Morgan fingerprint density at radius 1 is 1.24 bits per heavy atom. The number of imidazole rings is 2. The van der Waals surface area contributed by atoms with Crippen molar-refractivity contribution in [2.75, 3.05) is 0 Å². The van der Waals surface area contributed by atoms with Crippen LogP contribution in [0.25, 0.3) is 17.1 Å². The topological polar surface area (TPSA) is 131 Å². The summed E-state index contributed by atoms with van der Waals surface area (Å²) in [7, 11) is 0. The molecule has 122 valence electrons. The van der Waals surface area contributed by atoms with Crippen molar-refractivity contribution in [3.63, 3.8) is 0 Å². The van der Waals surface area contributed by atoms with Crippen LogP contribution in [-0.2, 0) is 12.8 Å². The maximum Gasteiger partial charge on any atom is 0.122 e. The number of allylic oxidation sites excluding steroid dienone is 3. The maximum absolute atomic E-state index is 8.97. The predicted molar refractivity (Wildman–Crippen MR) is 94.9 cm³/mol. The molecule has 7 heteroatoms. The van der Waals surface area contributed by atoms with Crippen molar-refractivity contribution in [2.45, 2.75) is 12.8 Å². The summed E-state index contributed by atoms with van der Waals surface area (Å²) in [6.45, 7) is 0. The zero-order chi connectivity index (χ0) is 17.4. The highest BCUT2D eigenvalue weighted by atomic mass is 15.0. The van der Waals surface area contributed by atoms with Gasteiger partial charge in [-0.25, -0.2) is 9.97 Å². The average Bonchev–Trinajstić information content (AvgIpc) is 3.12. The molecule has 0 radical (unpaired) electrons. The van der Waals surface area contributed by atoms with Crippen LogP contribution in [0.3, 0.4) is 0 Å². The van der Waals surface area contributed by atoms with Crippen LogP contribution in [0, 0.1) is 16.7 Å². The van der Waals surface area contributed by atoms with E-state index in [0.29, 0.717) is 24.0 Å². The van der Waals surface area contributed by atoms with Crippen molar-refractivity contribution in [1.82, 2.24) is 19.9 Å². The second-order valence-corrected chi connectivity index (χ2v) is 5.86. The zero-order valence-electron chi connectivity index (χ0n) is 13.3. The molecule has 5 N–H and O–H groups in total. The van der Waals surface area contributed by atoms with Crippen LogP contribution < -0.4 is 5.73 Å². The molecule has 3 aromatic rings. The molecule has 1 aliphatic carbocycles. The molecule has 1 aromatic carbocycles. The number of nitriles is 1. The van der Waals surface area contributed by atoms with E-state index in [4.69, 9.17) is 16.4 Å². The van der Waals surface area contributed by atoms with Crippen molar-refractivity contribution >= 4 is 22.9 Å². The molecule has 1 aliphatic rings.